The Balaban J connectivity index is 1.53. The van der Waals surface area contributed by atoms with Gasteiger partial charge in [0, 0.05) is 31.0 Å². The summed E-state index contributed by atoms with van der Waals surface area (Å²) in [6.07, 6.45) is 7.34. The lowest BCUT2D eigenvalue weighted by Crippen LogP contribution is -2.35. The van der Waals surface area contributed by atoms with E-state index >= 15 is 0 Å². The fourth-order valence-corrected chi connectivity index (χ4v) is 4.18. The first-order chi connectivity index (χ1) is 12.8. The summed E-state index contributed by atoms with van der Waals surface area (Å²) in [6, 6.07) is 8.24. The van der Waals surface area contributed by atoms with E-state index in [0.29, 0.717) is 11.6 Å². The molecule has 1 atom stereocenters. The maximum Gasteiger partial charge on any atom is 0.276 e. The summed E-state index contributed by atoms with van der Waals surface area (Å²) in [4.78, 5) is 15.1. The van der Waals surface area contributed by atoms with Gasteiger partial charge in [-0.25, -0.2) is 0 Å². The normalized spacial score (nSPS) is 20.3. The summed E-state index contributed by atoms with van der Waals surface area (Å²) in [6.45, 7) is 1.54. The molecular weight excluding hydrogens is 328 g/mol. The molecule has 26 heavy (non-hydrogen) atoms. The van der Waals surface area contributed by atoms with E-state index in [0.717, 1.165) is 75.1 Å². The molecule has 0 bridgehead atoms. The first kappa shape index (κ1) is 17.1. The molecule has 0 unspecified atom stereocenters. The van der Waals surface area contributed by atoms with E-state index < -0.39 is 0 Å². The largest absolute Gasteiger partial charge is 0.497 e. The highest BCUT2D eigenvalue weighted by atomic mass is 16.5. The number of amides is 1. The number of likely N-dealkylation sites (tertiary alicyclic amines) is 1. The van der Waals surface area contributed by atoms with Crippen LogP contribution in [-0.2, 0) is 12.8 Å². The zero-order chi connectivity index (χ0) is 17.9. The first-order valence-corrected chi connectivity index (χ1v) is 9.67. The predicted octanol–water partition coefficient (Wildman–Crippen LogP) is 3.97. The van der Waals surface area contributed by atoms with Crippen molar-refractivity contribution in [1.82, 2.24) is 10.1 Å². The van der Waals surface area contributed by atoms with Crippen molar-refractivity contribution in [2.75, 3.05) is 20.2 Å². The van der Waals surface area contributed by atoms with Crippen LogP contribution in [0.3, 0.4) is 0 Å². The van der Waals surface area contributed by atoms with Crippen LogP contribution in [0.1, 0.15) is 65.4 Å². The van der Waals surface area contributed by atoms with Crippen LogP contribution in [0.15, 0.2) is 28.8 Å². The minimum atomic E-state index is 0.0392. The fourth-order valence-electron chi connectivity index (χ4n) is 4.18. The van der Waals surface area contributed by atoms with Crippen LogP contribution in [-0.4, -0.2) is 36.2 Å². The van der Waals surface area contributed by atoms with Gasteiger partial charge in [-0.3, -0.25) is 4.79 Å². The number of nitrogens with zero attached hydrogens (tertiary/aromatic N) is 2. The van der Waals surface area contributed by atoms with Crippen LogP contribution in [0.4, 0.5) is 0 Å². The van der Waals surface area contributed by atoms with Crippen LogP contribution in [0.2, 0.25) is 0 Å². The zero-order valence-electron chi connectivity index (χ0n) is 15.4. The summed E-state index contributed by atoms with van der Waals surface area (Å²) < 4.78 is 10.7. The third-order valence-electron chi connectivity index (χ3n) is 5.70. The van der Waals surface area contributed by atoms with Gasteiger partial charge < -0.3 is 14.2 Å². The van der Waals surface area contributed by atoms with Gasteiger partial charge >= 0.3 is 0 Å². The molecule has 1 fully saturated rings. The molecule has 5 nitrogen and oxygen atoms in total. The van der Waals surface area contributed by atoms with Gasteiger partial charge in [0.15, 0.2) is 5.69 Å². The minimum absolute atomic E-state index is 0.0392. The standard InChI is InChI=1S/C21H26N2O3/c1-25-17-11-9-15(10-12-17)16-6-4-5-13-23(14-16)21(24)20-18-7-2-3-8-19(18)26-22-20/h9-12,16H,2-8,13-14H2,1H3/t16-/m1/s1. The molecule has 138 valence electrons. The molecule has 0 N–H and O–H groups in total. The van der Waals surface area contributed by atoms with Crippen molar-refractivity contribution in [3.05, 3.63) is 46.8 Å². The molecular formula is C21H26N2O3. The van der Waals surface area contributed by atoms with Crippen molar-refractivity contribution in [3.8, 4) is 5.75 Å². The molecule has 2 aromatic rings. The molecule has 2 heterocycles. The third kappa shape index (κ3) is 3.35. The number of hydrogen-bond donors (Lipinski definition) is 0. The van der Waals surface area contributed by atoms with Crippen LogP contribution >= 0.6 is 0 Å². The summed E-state index contributed by atoms with van der Waals surface area (Å²) in [7, 11) is 1.68. The van der Waals surface area contributed by atoms with Gasteiger partial charge in [0.25, 0.3) is 5.91 Å². The number of hydrogen-bond acceptors (Lipinski definition) is 4. The molecule has 1 saturated heterocycles. The summed E-state index contributed by atoms with van der Waals surface area (Å²) >= 11 is 0. The number of rotatable bonds is 3. The molecule has 1 aliphatic heterocycles. The molecule has 5 heteroatoms. The lowest BCUT2D eigenvalue weighted by atomic mass is 9.94. The minimum Gasteiger partial charge on any atom is -0.497 e. The highest BCUT2D eigenvalue weighted by molar-refractivity contribution is 5.94. The SMILES string of the molecule is COc1ccc([C@@H]2CCCCN(C(=O)c3noc4c3CCCC4)C2)cc1. The number of aromatic nitrogens is 1. The Kier molecular flexibility index (Phi) is 4.96. The Labute approximate surface area is 154 Å². The third-order valence-corrected chi connectivity index (χ3v) is 5.70. The molecule has 0 spiro atoms. The molecule has 1 amide bonds. The van der Waals surface area contributed by atoms with Crippen LogP contribution in [0.5, 0.6) is 5.75 Å². The maximum atomic E-state index is 13.1. The van der Waals surface area contributed by atoms with E-state index in [-0.39, 0.29) is 5.91 Å². The quantitative estimate of drug-likeness (QED) is 0.837. The first-order valence-electron chi connectivity index (χ1n) is 9.67. The number of ether oxygens (including phenoxy) is 1. The molecule has 0 radical (unpaired) electrons. The van der Waals surface area contributed by atoms with Gasteiger partial charge in [0.2, 0.25) is 0 Å². The maximum absolute atomic E-state index is 13.1. The molecule has 1 aromatic heterocycles. The summed E-state index contributed by atoms with van der Waals surface area (Å²) in [5, 5.41) is 4.14. The average molecular weight is 354 g/mol. The average Bonchev–Trinajstić information content (AvgIpc) is 2.96. The van der Waals surface area contributed by atoms with E-state index in [9.17, 15) is 4.79 Å². The number of carbonyl (C=O) groups is 1. The van der Waals surface area contributed by atoms with Gasteiger partial charge in [-0.2, -0.15) is 0 Å². The van der Waals surface area contributed by atoms with Crippen molar-refractivity contribution in [1.29, 1.82) is 0 Å². The highest BCUT2D eigenvalue weighted by Crippen LogP contribution is 2.30. The van der Waals surface area contributed by atoms with Gasteiger partial charge in [0.1, 0.15) is 11.5 Å². The summed E-state index contributed by atoms with van der Waals surface area (Å²) in [5.74, 6) is 2.18. The Bertz CT molecular complexity index is 766. The topological polar surface area (TPSA) is 55.6 Å². The second kappa shape index (κ2) is 7.52. The van der Waals surface area contributed by atoms with Crippen molar-refractivity contribution in [3.63, 3.8) is 0 Å². The lowest BCUT2D eigenvalue weighted by molar-refractivity contribution is 0.0743. The molecule has 0 saturated carbocycles. The van der Waals surface area contributed by atoms with E-state index in [1.165, 1.54) is 5.56 Å². The number of aryl methyl sites for hydroxylation is 1. The predicted molar refractivity (Wildman–Crippen MR) is 98.6 cm³/mol. The number of benzene rings is 1. The molecule has 4 rings (SSSR count). The van der Waals surface area contributed by atoms with E-state index in [1.807, 2.05) is 17.0 Å². The molecule has 1 aromatic carbocycles. The Morgan fingerprint density at radius 2 is 1.96 bits per heavy atom. The van der Waals surface area contributed by atoms with Crippen LogP contribution < -0.4 is 4.74 Å². The van der Waals surface area contributed by atoms with E-state index in [1.54, 1.807) is 7.11 Å². The van der Waals surface area contributed by atoms with Gasteiger partial charge in [-0.1, -0.05) is 23.7 Å². The van der Waals surface area contributed by atoms with Gasteiger partial charge in [-0.15, -0.1) is 0 Å². The van der Waals surface area contributed by atoms with E-state index in [2.05, 4.69) is 17.3 Å². The summed E-state index contributed by atoms with van der Waals surface area (Å²) in [5.41, 5.74) is 2.87. The Morgan fingerprint density at radius 1 is 1.15 bits per heavy atom. The molecule has 1 aliphatic carbocycles. The van der Waals surface area contributed by atoms with E-state index in [4.69, 9.17) is 9.26 Å². The van der Waals surface area contributed by atoms with Crippen molar-refractivity contribution in [2.24, 2.45) is 0 Å². The number of carbonyl (C=O) groups excluding carboxylic acids is 1. The highest BCUT2D eigenvalue weighted by Gasteiger charge is 2.30. The van der Waals surface area contributed by atoms with Crippen LogP contribution in [0.25, 0.3) is 0 Å². The number of methoxy groups -OCH3 is 1. The number of fused-ring (bicyclic) bond motifs is 1. The lowest BCUT2D eigenvalue weighted by Gasteiger charge is -2.24. The zero-order valence-corrected chi connectivity index (χ0v) is 15.4. The monoisotopic (exact) mass is 354 g/mol. The van der Waals surface area contributed by atoms with Crippen molar-refractivity contribution < 1.29 is 14.1 Å². The Hall–Kier alpha value is -2.30. The second-order valence-electron chi connectivity index (χ2n) is 7.36. The van der Waals surface area contributed by atoms with Gasteiger partial charge in [0.05, 0.1) is 7.11 Å². The fraction of sp³-hybridized carbons (Fsp3) is 0.524. The Morgan fingerprint density at radius 3 is 2.77 bits per heavy atom. The second-order valence-corrected chi connectivity index (χ2v) is 7.36. The van der Waals surface area contributed by atoms with Gasteiger partial charge in [-0.05, 0) is 49.8 Å². The van der Waals surface area contributed by atoms with Crippen molar-refractivity contribution >= 4 is 5.91 Å². The molecule has 2 aliphatic rings. The smallest absolute Gasteiger partial charge is 0.276 e. The van der Waals surface area contributed by atoms with Crippen LogP contribution in [0, 0.1) is 0 Å². The van der Waals surface area contributed by atoms with Crippen molar-refractivity contribution in [2.45, 2.75) is 50.9 Å².